The summed E-state index contributed by atoms with van der Waals surface area (Å²) in [6, 6.07) is 13.6. The predicted octanol–water partition coefficient (Wildman–Crippen LogP) is 5.18. The quantitative estimate of drug-likeness (QED) is 0.425. The number of carbonyl (C=O) groups is 1. The number of halogens is 3. The van der Waals surface area contributed by atoms with Gasteiger partial charge in [0.05, 0.1) is 11.1 Å². The zero-order valence-electron chi connectivity index (χ0n) is 16.8. The number of aromatic nitrogens is 4. The molecule has 0 bridgehead atoms. The fourth-order valence-electron chi connectivity index (χ4n) is 3.74. The maximum Gasteiger partial charge on any atom is 0.416 e. The van der Waals surface area contributed by atoms with Gasteiger partial charge in [0, 0.05) is 53.3 Å². The Morgan fingerprint density at radius 2 is 1.69 bits per heavy atom. The molecule has 0 saturated heterocycles. The molecular weight excluding hydrogens is 419 g/mol. The van der Waals surface area contributed by atoms with E-state index in [9.17, 15) is 18.0 Å². The van der Waals surface area contributed by atoms with Gasteiger partial charge in [-0.25, -0.2) is 0 Å². The minimum Gasteiger partial charge on any atom is -0.322 e. The molecule has 0 aliphatic heterocycles. The standard InChI is InChI=1S/C23H16F3N5O/c1-30-13-19-18-12-16(28-22(32)14-8-10-27-11-9-14)4-7-20(18)31(21(19)29-30)17-5-2-15(3-6-17)23(24,25)26/h2-13H,1H3,(H,28,32). The van der Waals surface area contributed by atoms with Gasteiger partial charge in [0.25, 0.3) is 5.91 Å². The Balaban J connectivity index is 1.60. The lowest BCUT2D eigenvalue weighted by Gasteiger charge is -2.10. The molecule has 9 heteroatoms. The van der Waals surface area contributed by atoms with Crippen LogP contribution in [0.3, 0.4) is 0 Å². The van der Waals surface area contributed by atoms with Crippen molar-refractivity contribution in [1.82, 2.24) is 19.3 Å². The third-order valence-electron chi connectivity index (χ3n) is 5.20. The van der Waals surface area contributed by atoms with E-state index in [0.717, 1.165) is 28.4 Å². The molecule has 1 N–H and O–H groups in total. The molecule has 3 heterocycles. The van der Waals surface area contributed by atoms with Crippen LogP contribution < -0.4 is 5.32 Å². The second-order valence-corrected chi connectivity index (χ2v) is 7.34. The predicted molar refractivity (Wildman–Crippen MR) is 115 cm³/mol. The van der Waals surface area contributed by atoms with E-state index in [4.69, 9.17) is 0 Å². The Morgan fingerprint density at radius 1 is 0.969 bits per heavy atom. The summed E-state index contributed by atoms with van der Waals surface area (Å²) in [6.45, 7) is 0. The molecule has 1 amide bonds. The summed E-state index contributed by atoms with van der Waals surface area (Å²) in [5.74, 6) is -0.267. The van der Waals surface area contributed by atoms with Crippen molar-refractivity contribution in [2.75, 3.05) is 5.32 Å². The van der Waals surface area contributed by atoms with Gasteiger partial charge in [-0.15, -0.1) is 0 Å². The number of hydrogen-bond acceptors (Lipinski definition) is 3. The first-order valence-corrected chi connectivity index (χ1v) is 9.68. The van der Waals surface area contributed by atoms with Gasteiger partial charge < -0.3 is 5.32 Å². The minimum atomic E-state index is -4.40. The molecule has 2 aromatic carbocycles. The lowest BCUT2D eigenvalue weighted by atomic mass is 10.1. The number of nitrogens with one attached hydrogen (secondary N) is 1. The Kier molecular flexibility index (Phi) is 4.47. The summed E-state index contributed by atoms with van der Waals surface area (Å²) >= 11 is 0. The van der Waals surface area contributed by atoms with E-state index in [1.54, 1.807) is 46.9 Å². The van der Waals surface area contributed by atoms with Crippen molar-refractivity contribution >= 4 is 33.5 Å². The third-order valence-corrected chi connectivity index (χ3v) is 5.20. The molecule has 6 nitrogen and oxygen atoms in total. The molecule has 32 heavy (non-hydrogen) atoms. The van der Waals surface area contributed by atoms with E-state index in [2.05, 4.69) is 15.4 Å². The molecule has 0 radical (unpaired) electrons. The van der Waals surface area contributed by atoms with E-state index in [1.165, 1.54) is 12.1 Å². The van der Waals surface area contributed by atoms with Crippen molar-refractivity contribution in [3.63, 3.8) is 0 Å². The number of nitrogens with zero attached hydrogens (tertiary/aromatic N) is 4. The highest BCUT2D eigenvalue weighted by atomic mass is 19.4. The van der Waals surface area contributed by atoms with E-state index in [1.807, 2.05) is 18.3 Å². The van der Waals surface area contributed by atoms with E-state index in [-0.39, 0.29) is 5.91 Å². The number of amides is 1. The van der Waals surface area contributed by atoms with Crippen molar-refractivity contribution in [2.45, 2.75) is 6.18 Å². The number of aryl methyl sites for hydroxylation is 1. The highest BCUT2D eigenvalue weighted by Crippen LogP contribution is 2.34. The van der Waals surface area contributed by atoms with E-state index >= 15 is 0 Å². The summed E-state index contributed by atoms with van der Waals surface area (Å²) < 4.78 is 42.4. The second-order valence-electron chi connectivity index (χ2n) is 7.34. The van der Waals surface area contributed by atoms with Crippen LogP contribution >= 0.6 is 0 Å². The number of pyridine rings is 1. The first kappa shape index (κ1) is 19.8. The summed E-state index contributed by atoms with van der Waals surface area (Å²) in [4.78, 5) is 16.4. The number of fused-ring (bicyclic) bond motifs is 3. The summed E-state index contributed by atoms with van der Waals surface area (Å²) in [7, 11) is 1.78. The van der Waals surface area contributed by atoms with Crippen LogP contribution in [0.2, 0.25) is 0 Å². The maximum atomic E-state index is 13.0. The molecule has 5 rings (SSSR count). The van der Waals surface area contributed by atoms with Gasteiger partial charge in [-0.05, 0) is 54.6 Å². The van der Waals surface area contributed by atoms with Crippen molar-refractivity contribution in [3.05, 3.63) is 84.3 Å². The highest BCUT2D eigenvalue weighted by Gasteiger charge is 2.30. The number of carbonyl (C=O) groups excluding carboxylic acids is 1. The average molecular weight is 435 g/mol. The van der Waals surface area contributed by atoms with Crippen molar-refractivity contribution < 1.29 is 18.0 Å². The second kappa shape index (κ2) is 7.23. The lowest BCUT2D eigenvalue weighted by Crippen LogP contribution is -2.11. The van der Waals surface area contributed by atoms with Crippen LogP contribution in [0.4, 0.5) is 18.9 Å². The average Bonchev–Trinajstić information content (AvgIpc) is 3.28. The highest BCUT2D eigenvalue weighted by molar-refractivity contribution is 6.11. The van der Waals surface area contributed by atoms with Crippen LogP contribution in [-0.2, 0) is 13.2 Å². The summed E-state index contributed by atoms with van der Waals surface area (Å²) in [6.07, 6.45) is 0.523. The first-order chi connectivity index (χ1) is 15.3. The van der Waals surface area contributed by atoms with Crippen LogP contribution in [0, 0.1) is 0 Å². The van der Waals surface area contributed by atoms with E-state index in [0.29, 0.717) is 22.6 Å². The number of alkyl halides is 3. The largest absolute Gasteiger partial charge is 0.416 e. The monoisotopic (exact) mass is 435 g/mol. The molecule has 160 valence electrons. The molecule has 0 fully saturated rings. The van der Waals surface area contributed by atoms with Gasteiger partial charge in [-0.3, -0.25) is 19.0 Å². The molecule has 0 aliphatic rings. The van der Waals surface area contributed by atoms with Crippen molar-refractivity contribution in [3.8, 4) is 5.69 Å². The van der Waals surface area contributed by atoms with E-state index < -0.39 is 11.7 Å². The van der Waals surface area contributed by atoms with Gasteiger partial charge in [-0.1, -0.05) is 0 Å². The van der Waals surface area contributed by atoms with Crippen molar-refractivity contribution in [2.24, 2.45) is 7.05 Å². The first-order valence-electron chi connectivity index (χ1n) is 9.68. The SMILES string of the molecule is Cn1cc2c3cc(NC(=O)c4ccncc4)ccc3n(-c3ccc(C(F)(F)F)cc3)c2n1. The summed E-state index contributed by atoms with van der Waals surface area (Å²) in [5, 5.41) is 9.01. The number of hydrogen-bond donors (Lipinski definition) is 1. The molecule has 0 unspecified atom stereocenters. The molecule has 0 saturated carbocycles. The molecule has 3 aromatic heterocycles. The van der Waals surface area contributed by atoms with Crippen LogP contribution in [0.25, 0.3) is 27.6 Å². The van der Waals surface area contributed by atoms with Crippen LogP contribution in [0.5, 0.6) is 0 Å². The molecule has 0 spiro atoms. The fourth-order valence-corrected chi connectivity index (χ4v) is 3.74. The van der Waals surface area contributed by atoms with Gasteiger partial charge >= 0.3 is 6.18 Å². The van der Waals surface area contributed by atoms with Crippen LogP contribution in [0.1, 0.15) is 15.9 Å². The third kappa shape index (κ3) is 3.37. The lowest BCUT2D eigenvalue weighted by molar-refractivity contribution is -0.137. The van der Waals surface area contributed by atoms with Crippen LogP contribution in [0.15, 0.2) is 73.2 Å². The van der Waals surface area contributed by atoms with Gasteiger partial charge in [0.15, 0.2) is 5.65 Å². The van der Waals surface area contributed by atoms with Crippen molar-refractivity contribution in [1.29, 1.82) is 0 Å². The number of rotatable bonds is 3. The maximum absolute atomic E-state index is 13.0. The zero-order valence-corrected chi connectivity index (χ0v) is 16.8. The fraction of sp³-hybridized carbons (Fsp3) is 0.0870. The Morgan fingerprint density at radius 3 is 2.38 bits per heavy atom. The topological polar surface area (TPSA) is 64.7 Å². The zero-order chi connectivity index (χ0) is 22.5. The summed E-state index contributed by atoms with van der Waals surface area (Å²) in [5.41, 5.74) is 2.30. The number of benzene rings is 2. The molecule has 0 aliphatic carbocycles. The smallest absolute Gasteiger partial charge is 0.322 e. The molecular formula is C23H16F3N5O. The van der Waals surface area contributed by atoms with Crippen LogP contribution in [-0.4, -0.2) is 25.2 Å². The Labute approximate surface area is 179 Å². The minimum absolute atomic E-state index is 0.267. The van der Waals surface area contributed by atoms with Gasteiger partial charge in [0.2, 0.25) is 0 Å². The molecule has 0 atom stereocenters. The van der Waals surface area contributed by atoms with Gasteiger partial charge in [0.1, 0.15) is 0 Å². The van der Waals surface area contributed by atoms with Gasteiger partial charge in [-0.2, -0.15) is 18.3 Å². The molecule has 5 aromatic rings. The number of anilines is 1. The normalized spacial score (nSPS) is 11.9. The Bertz CT molecular complexity index is 1450. The Hall–Kier alpha value is -4.14.